The Morgan fingerprint density at radius 2 is 2.23 bits per heavy atom. The number of halogens is 1. The highest BCUT2D eigenvalue weighted by molar-refractivity contribution is 7.09. The SMILES string of the molecule is CN=C(NCCCc1nc(C)cs1)NCc1cccc(F)c1. The number of nitrogens with zero attached hydrogens (tertiary/aromatic N) is 2. The molecule has 0 saturated heterocycles. The minimum absolute atomic E-state index is 0.221. The average molecular weight is 320 g/mol. The lowest BCUT2D eigenvalue weighted by Gasteiger charge is -2.11. The van der Waals surface area contributed by atoms with Crippen molar-refractivity contribution in [3.63, 3.8) is 0 Å². The van der Waals surface area contributed by atoms with Crippen molar-refractivity contribution in [1.82, 2.24) is 15.6 Å². The molecular weight excluding hydrogens is 299 g/mol. The van der Waals surface area contributed by atoms with E-state index in [1.54, 1.807) is 24.5 Å². The van der Waals surface area contributed by atoms with Crippen molar-refractivity contribution in [3.8, 4) is 0 Å². The Hall–Kier alpha value is -1.95. The second kappa shape index (κ2) is 8.48. The van der Waals surface area contributed by atoms with Gasteiger partial charge in [0.15, 0.2) is 5.96 Å². The summed E-state index contributed by atoms with van der Waals surface area (Å²) >= 11 is 1.70. The van der Waals surface area contributed by atoms with Crippen LogP contribution in [0, 0.1) is 12.7 Å². The van der Waals surface area contributed by atoms with Crippen LogP contribution in [0.3, 0.4) is 0 Å². The molecular formula is C16H21FN4S. The summed E-state index contributed by atoms with van der Waals surface area (Å²) in [7, 11) is 1.73. The van der Waals surface area contributed by atoms with Crippen molar-refractivity contribution in [2.75, 3.05) is 13.6 Å². The molecule has 1 heterocycles. The summed E-state index contributed by atoms with van der Waals surface area (Å²) in [5, 5.41) is 9.67. The van der Waals surface area contributed by atoms with E-state index in [1.807, 2.05) is 13.0 Å². The number of aryl methyl sites for hydroxylation is 2. The van der Waals surface area contributed by atoms with E-state index in [0.29, 0.717) is 6.54 Å². The minimum Gasteiger partial charge on any atom is -0.356 e. The molecule has 0 fully saturated rings. The van der Waals surface area contributed by atoms with Gasteiger partial charge in [0.1, 0.15) is 5.82 Å². The summed E-state index contributed by atoms with van der Waals surface area (Å²) in [6, 6.07) is 6.55. The number of thiazole rings is 1. The van der Waals surface area contributed by atoms with Gasteiger partial charge in [-0.05, 0) is 31.0 Å². The number of rotatable bonds is 6. The van der Waals surface area contributed by atoms with Crippen molar-refractivity contribution >= 4 is 17.3 Å². The highest BCUT2D eigenvalue weighted by Crippen LogP contribution is 2.10. The number of guanidine groups is 1. The molecule has 2 rings (SSSR count). The third kappa shape index (κ3) is 5.44. The van der Waals surface area contributed by atoms with Crippen molar-refractivity contribution < 1.29 is 4.39 Å². The fourth-order valence-corrected chi connectivity index (χ4v) is 2.84. The van der Waals surface area contributed by atoms with Gasteiger partial charge in [-0.2, -0.15) is 0 Å². The van der Waals surface area contributed by atoms with E-state index in [4.69, 9.17) is 0 Å². The Bertz CT molecular complexity index is 624. The predicted molar refractivity (Wildman–Crippen MR) is 89.8 cm³/mol. The van der Waals surface area contributed by atoms with Crippen LogP contribution in [0.4, 0.5) is 4.39 Å². The van der Waals surface area contributed by atoms with E-state index in [2.05, 4.69) is 26.0 Å². The maximum Gasteiger partial charge on any atom is 0.191 e. The Balaban J connectivity index is 1.69. The van der Waals surface area contributed by atoms with Gasteiger partial charge in [-0.15, -0.1) is 11.3 Å². The van der Waals surface area contributed by atoms with E-state index in [9.17, 15) is 4.39 Å². The fourth-order valence-electron chi connectivity index (χ4n) is 2.02. The van der Waals surface area contributed by atoms with Crippen LogP contribution in [0.2, 0.25) is 0 Å². The summed E-state index contributed by atoms with van der Waals surface area (Å²) in [5.41, 5.74) is 1.97. The number of aliphatic imine (C=N–C) groups is 1. The highest BCUT2D eigenvalue weighted by atomic mass is 32.1. The second-order valence-corrected chi connectivity index (χ2v) is 5.91. The van der Waals surface area contributed by atoms with Gasteiger partial charge < -0.3 is 10.6 Å². The first kappa shape index (κ1) is 16.4. The van der Waals surface area contributed by atoms with Crippen molar-refractivity contribution in [2.24, 2.45) is 4.99 Å². The summed E-state index contributed by atoms with van der Waals surface area (Å²) in [5.74, 6) is 0.501. The van der Waals surface area contributed by atoms with Crippen LogP contribution in [-0.2, 0) is 13.0 Å². The third-order valence-electron chi connectivity index (χ3n) is 3.10. The molecule has 0 spiro atoms. The number of benzene rings is 1. The van der Waals surface area contributed by atoms with E-state index >= 15 is 0 Å². The number of aromatic nitrogens is 1. The van der Waals surface area contributed by atoms with Crippen LogP contribution < -0.4 is 10.6 Å². The molecule has 0 amide bonds. The maximum atomic E-state index is 13.1. The summed E-state index contributed by atoms with van der Waals surface area (Å²) < 4.78 is 13.1. The summed E-state index contributed by atoms with van der Waals surface area (Å²) in [6.07, 6.45) is 1.96. The largest absolute Gasteiger partial charge is 0.356 e. The molecule has 0 bridgehead atoms. The van der Waals surface area contributed by atoms with Crippen LogP contribution in [0.5, 0.6) is 0 Å². The zero-order valence-electron chi connectivity index (χ0n) is 12.9. The molecule has 0 saturated carbocycles. The molecule has 1 aromatic heterocycles. The van der Waals surface area contributed by atoms with E-state index in [-0.39, 0.29) is 5.82 Å². The lowest BCUT2D eigenvalue weighted by atomic mass is 10.2. The van der Waals surface area contributed by atoms with E-state index in [0.717, 1.165) is 36.6 Å². The first-order valence-corrected chi connectivity index (χ1v) is 8.15. The van der Waals surface area contributed by atoms with Crippen LogP contribution in [0.15, 0.2) is 34.6 Å². The Morgan fingerprint density at radius 1 is 1.36 bits per heavy atom. The quantitative estimate of drug-likeness (QED) is 0.489. The van der Waals surface area contributed by atoms with Crippen molar-refractivity contribution in [1.29, 1.82) is 0 Å². The Labute approximate surface area is 134 Å². The zero-order chi connectivity index (χ0) is 15.8. The van der Waals surface area contributed by atoms with Gasteiger partial charge in [-0.1, -0.05) is 12.1 Å². The smallest absolute Gasteiger partial charge is 0.191 e. The molecule has 6 heteroatoms. The van der Waals surface area contributed by atoms with Gasteiger partial charge in [0, 0.05) is 37.6 Å². The summed E-state index contributed by atoms with van der Waals surface area (Å²) in [6.45, 7) is 3.38. The Kier molecular flexibility index (Phi) is 6.33. The first-order valence-electron chi connectivity index (χ1n) is 7.27. The number of nitrogens with one attached hydrogen (secondary N) is 2. The number of hydrogen-bond donors (Lipinski definition) is 2. The molecule has 4 nitrogen and oxygen atoms in total. The van der Waals surface area contributed by atoms with Crippen molar-refractivity contribution in [2.45, 2.75) is 26.3 Å². The lowest BCUT2D eigenvalue weighted by molar-refractivity contribution is 0.624. The molecule has 0 unspecified atom stereocenters. The molecule has 118 valence electrons. The lowest BCUT2D eigenvalue weighted by Crippen LogP contribution is -2.37. The summed E-state index contributed by atoms with van der Waals surface area (Å²) in [4.78, 5) is 8.60. The molecule has 0 aliphatic heterocycles. The van der Waals surface area contributed by atoms with Gasteiger partial charge in [-0.3, -0.25) is 4.99 Å². The fraction of sp³-hybridized carbons (Fsp3) is 0.375. The molecule has 0 atom stereocenters. The maximum absolute atomic E-state index is 13.1. The van der Waals surface area contributed by atoms with Crippen LogP contribution in [0.1, 0.15) is 22.7 Å². The van der Waals surface area contributed by atoms with Gasteiger partial charge in [0.2, 0.25) is 0 Å². The molecule has 0 aliphatic carbocycles. The first-order chi connectivity index (χ1) is 10.7. The van der Waals surface area contributed by atoms with Crippen molar-refractivity contribution in [3.05, 3.63) is 51.7 Å². The van der Waals surface area contributed by atoms with Gasteiger partial charge in [0.05, 0.1) is 5.01 Å². The minimum atomic E-state index is -0.221. The third-order valence-corrected chi connectivity index (χ3v) is 4.13. The second-order valence-electron chi connectivity index (χ2n) is 4.97. The predicted octanol–water partition coefficient (Wildman–Crippen LogP) is 2.89. The molecule has 2 N–H and O–H groups in total. The monoisotopic (exact) mass is 320 g/mol. The Morgan fingerprint density at radius 3 is 2.91 bits per heavy atom. The van der Waals surface area contributed by atoms with Gasteiger partial charge in [0.25, 0.3) is 0 Å². The molecule has 0 radical (unpaired) electrons. The normalized spacial score (nSPS) is 11.5. The molecule has 0 aliphatic rings. The van der Waals surface area contributed by atoms with Crippen LogP contribution >= 0.6 is 11.3 Å². The average Bonchev–Trinajstić information content (AvgIpc) is 2.92. The zero-order valence-corrected chi connectivity index (χ0v) is 13.7. The van der Waals surface area contributed by atoms with E-state index in [1.165, 1.54) is 17.1 Å². The van der Waals surface area contributed by atoms with E-state index < -0.39 is 0 Å². The highest BCUT2D eigenvalue weighted by Gasteiger charge is 2.01. The van der Waals surface area contributed by atoms with Crippen LogP contribution in [0.25, 0.3) is 0 Å². The van der Waals surface area contributed by atoms with Gasteiger partial charge >= 0.3 is 0 Å². The molecule has 1 aromatic carbocycles. The molecule has 22 heavy (non-hydrogen) atoms. The van der Waals surface area contributed by atoms with Crippen LogP contribution in [-0.4, -0.2) is 24.5 Å². The van der Waals surface area contributed by atoms with Gasteiger partial charge in [-0.25, -0.2) is 9.37 Å². The standard InChI is InChI=1S/C16H21FN4S/c1-12-11-22-15(21-12)7-4-8-19-16(18-2)20-10-13-5-3-6-14(17)9-13/h3,5-6,9,11H,4,7-8,10H2,1-2H3,(H2,18,19,20). The molecule has 2 aromatic rings. The topological polar surface area (TPSA) is 49.3 Å². The number of hydrogen-bond acceptors (Lipinski definition) is 3.